The van der Waals surface area contributed by atoms with E-state index in [1.807, 2.05) is 6.07 Å². The minimum Gasteiger partial charge on any atom is -0.399 e. The Morgan fingerprint density at radius 1 is 1.37 bits per heavy atom. The van der Waals surface area contributed by atoms with Crippen molar-refractivity contribution in [1.29, 1.82) is 5.26 Å². The molecule has 94 valence electrons. The number of carbonyl (C=O) groups is 1. The fraction of sp³-hybridized carbons (Fsp3) is 0. The van der Waals surface area contributed by atoms with E-state index < -0.39 is 5.91 Å². The molecule has 0 aliphatic carbocycles. The van der Waals surface area contributed by atoms with E-state index in [4.69, 9.17) is 22.6 Å². The third-order valence-corrected chi connectivity index (χ3v) is 2.68. The lowest BCUT2D eigenvalue weighted by molar-refractivity contribution is 0.102. The maximum Gasteiger partial charge on any atom is 0.274 e. The molecule has 0 saturated carbocycles. The average Bonchev–Trinajstić information content (AvgIpc) is 2.39. The standard InChI is InChI=1S/C13H9ClN4O/c14-11-6-10(2-1-8(11)7-15)18-13(19)12-5-9(16)3-4-17-12/h1-6H,(H2,16,17)(H,18,19). The van der Waals surface area contributed by atoms with Gasteiger partial charge in [0.25, 0.3) is 5.91 Å². The Kier molecular flexibility index (Phi) is 3.64. The third kappa shape index (κ3) is 3.00. The van der Waals surface area contributed by atoms with E-state index in [9.17, 15) is 4.79 Å². The number of hydrogen-bond donors (Lipinski definition) is 2. The molecular formula is C13H9ClN4O. The SMILES string of the molecule is N#Cc1ccc(NC(=O)c2cc(N)ccn2)cc1Cl. The number of benzene rings is 1. The van der Waals surface area contributed by atoms with Gasteiger partial charge in [0, 0.05) is 17.6 Å². The highest BCUT2D eigenvalue weighted by Crippen LogP contribution is 2.20. The Balaban J connectivity index is 2.20. The normalized spacial score (nSPS) is 9.68. The molecule has 1 aromatic carbocycles. The highest BCUT2D eigenvalue weighted by atomic mass is 35.5. The molecule has 0 saturated heterocycles. The molecule has 1 heterocycles. The predicted octanol–water partition coefficient (Wildman–Crippen LogP) is 2.44. The maximum atomic E-state index is 11.9. The van der Waals surface area contributed by atoms with Gasteiger partial charge in [-0.1, -0.05) is 11.6 Å². The summed E-state index contributed by atoms with van der Waals surface area (Å²) < 4.78 is 0. The number of nitrogens with zero attached hydrogens (tertiary/aromatic N) is 2. The molecule has 5 nitrogen and oxygen atoms in total. The van der Waals surface area contributed by atoms with Crippen LogP contribution in [0.4, 0.5) is 11.4 Å². The van der Waals surface area contributed by atoms with Crippen LogP contribution in [-0.2, 0) is 0 Å². The van der Waals surface area contributed by atoms with E-state index in [1.165, 1.54) is 24.4 Å². The van der Waals surface area contributed by atoms with Crippen molar-refractivity contribution >= 4 is 28.9 Å². The summed E-state index contributed by atoms with van der Waals surface area (Å²) in [5.74, 6) is -0.395. The van der Waals surface area contributed by atoms with Gasteiger partial charge in [-0.15, -0.1) is 0 Å². The topological polar surface area (TPSA) is 91.8 Å². The van der Waals surface area contributed by atoms with E-state index in [-0.39, 0.29) is 10.7 Å². The predicted molar refractivity (Wildman–Crippen MR) is 72.8 cm³/mol. The van der Waals surface area contributed by atoms with Crippen LogP contribution in [0.15, 0.2) is 36.5 Å². The Hall–Kier alpha value is -2.58. The fourth-order valence-corrected chi connectivity index (χ4v) is 1.67. The van der Waals surface area contributed by atoms with Crippen LogP contribution in [0.5, 0.6) is 0 Å². The van der Waals surface area contributed by atoms with Gasteiger partial charge in [-0.05, 0) is 30.3 Å². The number of nitrogen functional groups attached to an aromatic ring is 1. The number of nitrogens with one attached hydrogen (secondary N) is 1. The molecular weight excluding hydrogens is 264 g/mol. The van der Waals surface area contributed by atoms with Crippen molar-refractivity contribution in [3.63, 3.8) is 0 Å². The molecule has 0 bridgehead atoms. The van der Waals surface area contributed by atoms with Crippen molar-refractivity contribution in [3.05, 3.63) is 52.8 Å². The number of nitrogens with two attached hydrogens (primary N) is 1. The minimum absolute atomic E-state index is 0.209. The molecule has 0 fully saturated rings. The van der Waals surface area contributed by atoms with E-state index >= 15 is 0 Å². The molecule has 2 aromatic rings. The summed E-state index contributed by atoms with van der Waals surface area (Å²) >= 11 is 5.87. The van der Waals surface area contributed by atoms with Gasteiger partial charge in [0.15, 0.2) is 0 Å². The van der Waals surface area contributed by atoms with Crippen molar-refractivity contribution < 1.29 is 4.79 Å². The number of aromatic nitrogens is 1. The molecule has 0 spiro atoms. The van der Waals surface area contributed by atoms with Crippen LogP contribution in [0.25, 0.3) is 0 Å². The highest BCUT2D eigenvalue weighted by molar-refractivity contribution is 6.32. The van der Waals surface area contributed by atoms with Crippen LogP contribution in [0.1, 0.15) is 16.1 Å². The van der Waals surface area contributed by atoms with Gasteiger partial charge < -0.3 is 11.1 Å². The number of halogens is 1. The van der Waals surface area contributed by atoms with Gasteiger partial charge in [0.05, 0.1) is 10.6 Å². The van der Waals surface area contributed by atoms with Crippen molar-refractivity contribution in [3.8, 4) is 6.07 Å². The molecule has 1 aromatic heterocycles. The van der Waals surface area contributed by atoms with Gasteiger partial charge >= 0.3 is 0 Å². The molecule has 0 unspecified atom stereocenters. The van der Waals surface area contributed by atoms with E-state index in [2.05, 4.69) is 10.3 Å². The first-order chi connectivity index (χ1) is 9.10. The fourth-order valence-electron chi connectivity index (χ4n) is 1.45. The van der Waals surface area contributed by atoms with Gasteiger partial charge in [0.2, 0.25) is 0 Å². The van der Waals surface area contributed by atoms with Crippen molar-refractivity contribution in [2.75, 3.05) is 11.1 Å². The lowest BCUT2D eigenvalue weighted by Gasteiger charge is -2.06. The van der Waals surface area contributed by atoms with Gasteiger partial charge in [-0.2, -0.15) is 5.26 Å². The van der Waals surface area contributed by atoms with Crippen LogP contribution in [0.3, 0.4) is 0 Å². The zero-order valence-electron chi connectivity index (χ0n) is 9.72. The summed E-state index contributed by atoms with van der Waals surface area (Å²) in [6.45, 7) is 0. The van der Waals surface area contributed by atoms with Crippen LogP contribution >= 0.6 is 11.6 Å². The molecule has 1 amide bonds. The molecule has 0 aliphatic rings. The summed E-state index contributed by atoms with van der Waals surface area (Å²) in [5.41, 5.74) is 7.07. The van der Waals surface area contributed by atoms with Crippen LogP contribution in [-0.4, -0.2) is 10.9 Å². The zero-order chi connectivity index (χ0) is 13.8. The average molecular weight is 273 g/mol. The summed E-state index contributed by atoms with van der Waals surface area (Å²) in [6, 6.07) is 9.64. The second-order valence-corrected chi connectivity index (χ2v) is 4.14. The summed E-state index contributed by atoms with van der Waals surface area (Å²) in [7, 11) is 0. The van der Waals surface area contributed by atoms with Crippen molar-refractivity contribution in [2.24, 2.45) is 0 Å². The smallest absolute Gasteiger partial charge is 0.274 e. The number of pyridine rings is 1. The minimum atomic E-state index is -0.395. The second-order valence-electron chi connectivity index (χ2n) is 3.73. The number of hydrogen-bond acceptors (Lipinski definition) is 4. The number of rotatable bonds is 2. The van der Waals surface area contributed by atoms with E-state index in [1.54, 1.807) is 12.1 Å². The number of anilines is 2. The molecule has 19 heavy (non-hydrogen) atoms. The molecule has 6 heteroatoms. The Labute approximate surface area is 114 Å². The Morgan fingerprint density at radius 2 is 2.16 bits per heavy atom. The van der Waals surface area contributed by atoms with E-state index in [0.717, 1.165) is 0 Å². The largest absolute Gasteiger partial charge is 0.399 e. The highest BCUT2D eigenvalue weighted by Gasteiger charge is 2.09. The second kappa shape index (κ2) is 5.38. The van der Waals surface area contributed by atoms with Crippen LogP contribution in [0.2, 0.25) is 5.02 Å². The number of nitriles is 1. The lowest BCUT2D eigenvalue weighted by Crippen LogP contribution is -2.13. The summed E-state index contributed by atoms with van der Waals surface area (Å²) in [6.07, 6.45) is 1.45. The molecule has 3 N–H and O–H groups in total. The van der Waals surface area contributed by atoms with Crippen LogP contribution in [0, 0.1) is 11.3 Å². The van der Waals surface area contributed by atoms with Crippen molar-refractivity contribution in [2.45, 2.75) is 0 Å². The van der Waals surface area contributed by atoms with Gasteiger partial charge in [0.1, 0.15) is 11.8 Å². The quantitative estimate of drug-likeness (QED) is 0.878. The Bertz CT molecular complexity index is 679. The lowest BCUT2D eigenvalue weighted by atomic mass is 10.2. The summed E-state index contributed by atoms with van der Waals surface area (Å²) in [5, 5.41) is 11.7. The van der Waals surface area contributed by atoms with Crippen molar-refractivity contribution in [1.82, 2.24) is 4.98 Å². The third-order valence-electron chi connectivity index (χ3n) is 2.36. The van der Waals surface area contributed by atoms with Gasteiger partial charge in [-0.25, -0.2) is 0 Å². The summed E-state index contributed by atoms with van der Waals surface area (Å²) in [4.78, 5) is 15.8. The molecule has 0 aliphatic heterocycles. The first kappa shape index (κ1) is 12.9. The number of carbonyl (C=O) groups excluding carboxylic acids is 1. The number of amides is 1. The van der Waals surface area contributed by atoms with E-state index in [0.29, 0.717) is 16.9 Å². The van der Waals surface area contributed by atoms with Crippen LogP contribution < -0.4 is 11.1 Å². The molecule has 0 radical (unpaired) electrons. The molecule has 2 rings (SSSR count). The maximum absolute atomic E-state index is 11.9. The van der Waals surface area contributed by atoms with Gasteiger partial charge in [-0.3, -0.25) is 9.78 Å². The zero-order valence-corrected chi connectivity index (χ0v) is 10.5. The monoisotopic (exact) mass is 272 g/mol. The first-order valence-corrected chi connectivity index (χ1v) is 5.70. The first-order valence-electron chi connectivity index (χ1n) is 5.32. The Morgan fingerprint density at radius 3 is 2.79 bits per heavy atom. The molecule has 0 atom stereocenters.